The average molecular weight is 370 g/mol. The second-order valence-electron chi connectivity index (χ2n) is 5.91. The molecule has 0 amide bonds. The number of rotatable bonds is 4. The van der Waals surface area contributed by atoms with Gasteiger partial charge in [0.25, 0.3) is 5.56 Å². The smallest absolute Gasteiger partial charge is 0.277 e. The first-order chi connectivity index (χ1) is 12.6. The van der Waals surface area contributed by atoms with Gasteiger partial charge in [0.1, 0.15) is 11.0 Å². The predicted octanol–water partition coefficient (Wildman–Crippen LogP) is 3.60. The number of benzene rings is 2. The van der Waals surface area contributed by atoms with Crippen molar-refractivity contribution >= 4 is 33.5 Å². The summed E-state index contributed by atoms with van der Waals surface area (Å²) in [5.74, 6) is 1.26. The highest BCUT2D eigenvalue weighted by Crippen LogP contribution is 2.28. The van der Waals surface area contributed by atoms with Gasteiger partial charge in [0.15, 0.2) is 11.5 Å². The van der Waals surface area contributed by atoms with Gasteiger partial charge in [-0.25, -0.2) is 4.98 Å². The summed E-state index contributed by atoms with van der Waals surface area (Å²) in [6, 6.07) is 11.0. The molecule has 2 aromatic heterocycles. The van der Waals surface area contributed by atoms with Crippen molar-refractivity contribution < 1.29 is 9.47 Å². The topological polar surface area (TPSA) is 69.1 Å². The second-order valence-corrected chi connectivity index (χ2v) is 6.34. The fraction of sp³-hybridized carbons (Fsp3) is 0.158. The highest BCUT2D eigenvalue weighted by atomic mass is 35.5. The molecule has 0 aliphatic carbocycles. The molecule has 26 heavy (non-hydrogen) atoms. The molecular formula is C19H16ClN3O3. The molecule has 0 aliphatic heterocycles. The minimum Gasteiger partial charge on any atom is -0.493 e. The van der Waals surface area contributed by atoms with Gasteiger partial charge in [-0.05, 0) is 35.9 Å². The molecule has 4 aromatic rings. The summed E-state index contributed by atoms with van der Waals surface area (Å²) in [4.78, 5) is 20.5. The number of halogens is 1. The van der Waals surface area contributed by atoms with Crippen LogP contribution in [0.3, 0.4) is 0 Å². The molecule has 0 bridgehead atoms. The summed E-state index contributed by atoms with van der Waals surface area (Å²) in [6.45, 7) is 0.373. The Morgan fingerprint density at radius 3 is 2.69 bits per heavy atom. The lowest BCUT2D eigenvalue weighted by atomic mass is 10.2. The molecule has 0 unspecified atom stereocenters. The number of aromatic nitrogens is 3. The number of H-pyrrole nitrogens is 1. The van der Waals surface area contributed by atoms with Crippen molar-refractivity contribution in [3.63, 3.8) is 0 Å². The number of aromatic amines is 1. The lowest BCUT2D eigenvalue weighted by Crippen LogP contribution is -2.21. The zero-order chi connectivity index (χ0) is 18.3. The van der Waals surface area contributed by atoms with Crippen LogP contribution in [0.2, 0.25) is 5.02 Å². The first kappa shape index (κ1) is 16.5. The second kappa shape index (κ2) is 6.38. The standard InChI is InChI=1S/C19H16ClN3O3/c1-25-15-6-3-11(7-16(15)26-2)9-23-10-21-17-13-8-12(20)4-5-14(13)22-18(17)19(23)24/h3-8,10,22H,9H2,1-2H3. The zero-order valence-corrected chi connectivity index (χ0v) is 15.0. The van der Waals surface area contributed by atoms with E-state index in [4.69, 9.17) is 21.1 Å². The van der Waals surface area contributed by atoms with Gasteiger partial charge in [-0.1, -0.05) is 17.7 Å². The average Bonchev–Trinajstić information content (AvgIpc) is 3.02. The Morgan fingerprint density at radius 2 is 1.92 bits per heavy atom. The molecule has 0 saturated carbocycles. The van der Waals surface area contributed by atoms with Gasteiger partial charge < -0.3 is 14.5 Å². The highest BCUT2D eigenvalue weighted by molar-refractivity contribution is 6.31. The van der Waals surface area contributed by atoms with Gasteiger partial charge in [0, 0.05) is 15.9 Å². The molecule has 0 radical (unpaired) electrons. The van der Waals surface area contributed by atoms with Crippen molar-refractivity contribution in [1.82, 2.24) is 14.5 Å². The molecule has 6 nitrogen and oxygen atoms in total. The molecule has 132 valence electrons. The maximum absolute atomic E-state index is 12.9. The minimum absolute atomic E-state index is 0.142. The van der Waals surface area contributed by atoms with Gasteiger partial charge in [-0.15, -0.1) is 0 Å². The molecule has 0 atom stereocenters. The number of nitrogens with one attached hydrogen (secondary N) is 1. The molecule has 0 saturated heterocycles. The third-order valence-corrected chi connectivity index (χ3v) is 4.57. The van der Waals surface area contributed by atoms with Crippen LogP contribution in [0.25, 0.3) is 21.9 Å². The van der Waals surface area contributed by atoms with Crippen LogP contribution in [-0.2, 0) is 6.54 Å². The molecular weight excluding hydrogens is 354 g/mol. The van der Waals surface area contributed by atoms with Crippen molar-refractivity contribution in [1.29, 1.82) is 0 Å². The zero-order valence-electron chi connectivity index (χ0n) is 14.2. The summed E-state index contributed by atoms with van der Waals surface area (Å²) in [5.41, 5.74) is 2.68. The van der Waals surface area contributed by atoms with Crippen molar-refractivity contribution in [2.24, 2.45) is 0 Å². The Morgan fingerprint density at radius 1 is 1.12 bits per heavy atom. The number of hydrogen-bond donors (Lipinski definition) is 1. The van der Waals surface area contributed by atoms with E-state index in [9.17, 15) is 4.79 Å². The van der Waals surface area contributed by atoms with E-state index < -0.39 is 0 Å². The van der Waals surface area contributed by atoms with Gasteiger partial charge in [-0.3, -0.25) is 9.36 Å². The predicted molar refractivity (Wildman–Crippen MR) is 102 cm³/mol. The summed E-state index contributed by atoms with van der Waals surface area (Å²) >= 11 is 6.06. The third kappa shape index (κ3) is 2.68. The summed E-state index contributed by atoms with van der Waals surface area (Å²) in [7, 11) is 3.17. The van der Waals surface area contributed by atoms with Crippen LogP contribution in [0.4, 0.5) is 0 Å². The fourth-order valence-corrected chi connectivity index (χ4v) is 3.22. The van der Waals surface area contributed by atoms with E-state index in [1.165, 1.54) is 0 Å². The molecule has 0 aliphatic rings. The van der Waals surface area contributed by atoms with E-state index in [0.717, 1.165) is 16.5 Å². The molecule has 0 fully saturated rings. The molecule has 7 heteroatoms. The minimum atomic E-state index is -0.142. The SMILES string of the molecule is COc1ccc(Cn2cnc3c([nH]c4ccc(Cl)cc43)c2=O)cc1OC. The lowest BCUT2D eigenvalue weighted by Gasteiger charge is -2.10. The van der Waals surface area contributed by atoms with Crippen molar-refractivity contribution in [2.45, 2.75) is 6.54 Å². The Balaban J connectivity index is 1.79. The number of nitrogens with zero attached hydrogens (tertiary/aromatic N) is 2. The van der Waals surface area contributed by atoms with E-state index in [-0.39, 0.29) is 5.56 Å². The lowest BCUT2D eigenvalue weighted by molar-refractivity contribution is 0.354. The van der Waals surface area contributed by atoms with Gasteiger partial charge in [-0.2, -0.15) is 0 Å². The molecule has 0 spiro atoms. The number of methoxy groups -OCH3 is 2. The van der Waals surface area contributed by atoms with Crippen LogP contribution < -0.4 is 15.0 Å². The van der Waals surface area contributed by atoms with Crippen molar-refractivity contribution in [3.8, 4) is 11.5 Å². The molecule has 1 N–H and O–H groups in total. The quantitative estimate of drug-likeness (QED) is 0.596. The third-order valence-electron chi connectivity index (χ3n) is 4.34. The van der Waals surface area contributed by atoms with Gasteiger partial charge >= 0.3 is 0 Å². The highest BCUT2D eigenvalue weighted by Gasteiger charge is 2.12. The number of ether oxygens (including phenoxy) is 2. The van der Waals surface area contributed by atoms with Crippen LogP contribution >= 0.6 is 11.6 Å². The van der Waals surface area contributed by atoms with Crippen LogP contribution in [0.5, 0.6) is 11.5 Å². The Labute approximate surface area is 153 Å². The van der Waals surface area contributed by atoms with E-state index in [1.807, 2.05) is 24.3 Å². The summed E-state index contributed by atoms with van der Waals surface area (Å²) < 4.78 is 12.1. The van der Waals surface area contributed by atoms with Crippen LogP contribution in [0.1, 0.15) is 5.56 Å². The number of fused-ring (bicyclic) bond motifs is 3. The molecule has 2 aromatic carbocycles. The Kier molecular flexibility index (Phi) is 4.05. The first-order valence-corrected chi connectivity index (χ1v) is 8.36. The normalized spacial score (nSPS) is 11.2. The summed E-state index contributed by atoms with van der Waals surface area (Å²) in [6.07, 6.45) is 1.55. The molecule has 2 heterocycles. The maximum Gasteiger partial charge on any atom is 0.277 e. The fourth-order valence-electron chi connectivity index (χ4n) is 3.05. The first-order valence-electron chi connectivity index (χ1n) is 7.98. The van der Waals surface area contributed by atoms with E-state index in [1.54, 1.807) is 37.2 Å². The van der Waals surface area contributed by atoms with Crippen LogP contribution in [0.15, 0.2) is 47.5 Å². The number of hydrogen-bond acceptors (Lipinski definition) is 4. The van der Waals surface area contributed by atoms with Gasteiger partial charge in [0.05, 0.1) is 27.1 Å². The summed E-state index contributed by atoms with van der Waals surface area (Å²) in [5, 5.41) is 1.44. The van der Waals surface area contributed by atoms with E-state index in [0.29, 0.717) is 34.1 Å². The molecule has 4 rings (SSSR count). The van der Waals surface area contributed by atoms with E-state index in [2.05, 4.69) is 9.97 Å². The van der Waals surface area contributed by atoms with Crippen LogP contribution in [0, 0.1) is 0 Å². The monoisotopic (exact) mass is 369 g/mol. The largest absolute Gasteiger partial charge is 0.493 e. The Hall–Kier alpha value is -2.99. The van der Waals surface area contributed by atoms with Gasteiger partial charge in [0.2, 0.25) is 0 Å². The Bertz CT molecular complexity index is 1180. The van der Waals surface area contributed by atoms with E-state index >= 15 is 0 Å². The van der Waals surface area contributed by atoms with Crippen LogP contribution in [-0.4, -0.2) is 28.8 Å². The van der Waals surface area contributed by atoms with Crippen molar-refractivity contribution in [3.05, 3.63) is 63.7 Å². The maximum atomic E-state index is 12.9. The van der Waals surface area contributed by atoms with Crippen molar-refractivity contribution in [2.75, 3.05) is 14.2 Å².